The molecular formula is C22H21N3O2. The summed E-state index contributed by atoms with van der Waals surface area (Å²) in [6, 6.07) is 17.3. The summed E-state index contributed by atoms with van der Waals surface area (Å²) in [7, 11) is 2.09. The van der Waals surface area contributed by atoms with Crippen molar-refractivity contribution in [1.29, 1.82) is 0 Å². The maximum absolute atomic E-state index is 13.0. The molecule has 1 aromatic heterocycles. The second-order valence-corrected chi connectivity index (χ2v) is 7.34. The molecular weight excluding hydrogens is 338 g/mol. The average molecular weight is 359 g/mol. The first-order chi connectivity index (χ1) is 13.1. The van der Waals surface area contributed by atoms with Gasteiger partial charge in [-0.1, -0.05) is 36.4 Å². The molecule has 2 aliphatic rings. The number of benzene rings is 2. The zero-order valence-electron chi connectivity index (χ0n) is 15.3. The van der Waals surface area contributed by atoms with Crippen molar-refractivity contribution in [3.05, 3.63) is 65.9 Å². The van der Waals surface area contributed by atoms with Gasteiger partial charge < -0.3 is 4.57 Å². The van der Waals surface area contributed by atoms with Gasteiger partial charge in [-0.25, -0.2) is 4.90 Å². The number of para-hydroxylation sites is 2. The zero-order valence-corrected chi connectivity index (χ0v) is 15.3. The number of carbonyl (C=O) groups excluding carboxylic acids is 2. The summed E-state index contributed by atoms with van der Waals surface area (Å²) in [4.78, 5) is 29.1. The largest absolute Gasteiger partial charge is 0.346 e. The van der Waals surface area contributed by atoms with E-state index in [1.807, 2.05) is 30.3 Å². The van der Waals surface area contributed by atoms with E-state index in [2.05, 4.69) is 40.8 Å². The minimum Gasteiger partial charge on any atom is -0.346 e. The molecule has 1 fully saturated rings. The predicted molar refractivity (Wildman–Crippen MR) is 104 cm³/mol. The summed E-state index contributed by atoms with van der Waals surface area (Å²) >= 11 is 0. The van der Waals surface area contributed by atoms with Crippen LogP contribution in [0.3, 0.4) is 0 Å². The fourth-order valence-corrected chi connectivity index (χ4v) is 4.55. The highest BCUT2D eigenvalue weighted by atomic mass is 16.2. The maximum Gasteiger partial charge on any atom is 0.251 e. The van der Waals surface area contributed by atoms with Crippen LogP contribution >= 0.6 is 0 Å². The van der Waals surface area contributed by atoms with E-state index in [4.69, 9.17) is 0 Å². The van der Waals surface area contributed by atoms with Crippen LogP contribution in [0.1, 0.15) is 17.7 Å². The molecule has 0 aliphatic carbocycles. The van der Waals surface area contributed by atoms with Crippen molar-refractivity contribution in [3.8, 4) is 0 Å². The number of hydrogen-bond acceptors (Lipinski definition) is 3. The summed E-state index contributed by atoms with van der Waals surface area (Å²) in [6.45, 7) is 1.50. The molecule has 3 aromatic rings. The first kappa shape index (κ1) is 16.3. The molecule has 0 radical (unpaired) electrons. The molecule has 0 bridgehead atoms. The monoisotopic (exact) mass is 359 g/mol. The van der Waals surface area contributed by atoms with Gasteiger partial charge in [0.25, 0.3) is 5.91 Å². The number of hydrogen-bond donors (Lipinski definition) is 0. The molecule has 0 N–H and O–H groups in total. The summed E-state index contributed by atoms with van der Waals surface area (Å²) in [5.41, 5.74) is 4.52. The van der Waals surface area contributed by atoms with E-state index in [0.717, 1.165) is 13.0 Å². The fraction of sp³-hybridized carbons (Fsp3) is 0.273. The minimum atomic E-state index is -0.371. The molecule has 0 spiro atoms. The first-order valence-corrected chi connectivity index (χ1v) is 9.36. The second-order valence-electron chi connectivity index (χ2n) is 7.34. The van der Waals surface area contributed by atoms with E-state index in [-0.39, 0.29) is 24.3 Å². The Balaban J connectivity index is 1.46. The van der Waals surface area contributed by atoms with E-state index in [1.54, 1.807) is 0 Å². The lowest BCUT2D eigenvalue weighted by molar-refractivity contribution is -0.123. The third-order valence-corrected chi connectivity index (χ3v) is 5.92. The van der Waals surface area contributed by atoms with E-state index in [0.29, 0.717) is 12.2 Å². The molecule has 2 amide bonds. The SMILES string of the molecule is Cn1c2c(c3ccccc31)CCN(C1CC(=O)N(c3ccccc3)C1=O)C2. The maximum atomic E-state index is 13.0. The van der Waals surface area contributed by atoms with Crippen molar-refractivity contribution < 1.29 is 9.59 Å². The Kier molecular flexibility index (Phi) is 3.65. The van der Waals surface area contributed by atoms with Crippen molar-refractivity contribution in [2.45, 2.75) is 25.4 Å². The molecule has 5 heteroatoms. The molecule has 3 heterocycles. The summed E-state index contributed by atoms with van der Waals surface area (Å²) < 4.78 is 2.23. The van der Waals surface area contributed by atoms with Crippen LogP contribution in [0.25, 0.3) is 10.9 Å². The number of amides is 2. The topological polar surface area (TPSA) is 45.6 Å². The number of fused-ring (bicyclic) bond motifs is 3. The molecule has 1 saturated heterocycles. The van der Waals surface area contributed by atoms with Gasteiger partial charge in [0.2, 0.25) is 5.91 Å². The molecule has 5 rings (SSSR count). The van der Waals surface area contributed by atoms with Gasteiger partial charge >= 0.3 is 0 Å². The van der Waals surface area contributed by atoms with Gasteiger partial charge in [0.1, 0.15) is 0 Å². The van der Waals surface area contributed by atoms with Crippen LogP contribution in [0.5, 0.6) is 0 Å². The van der Waals surface area contributed by atoms with E-state index >= 15 is 0 Å². The summed E-state index contributed by atoms with van der Waals surface area (Å²) in [6.07, 6.45) is 1.16. The van der Waals surface area contributed by atoms with Gasteiger partial charge in [-0.2, -0.15) is 0 Å². The number of aromatic nitrogens is 1. The molecule has 5 nitrogen and oxygen atoms in total. The number of rotatable bonds is 2. The zero-order chi connectivity index (χ0) is 18.5. The van der Waals surface area contributed by atoms with Gasteiger partial charge in [0, 0.05) is 36.7 Å². The van der Waals surface area contributed by atoms with Crippen LogP contribution in [-0.4, -0.2) is 33.9 Å². The molecule has 1 atom stereocenters. The first-order valence-electron chi connectivity index (χ1n) is 9.36. The van der Waals surface area contributed by atoms with E-state index < -0.39 is 0 Å². The highest BCUT2D eigenvalue weighted by Gasteiger charge is 2.43. The van der Waals surface area contributed by atoms with Crippen molar-refractivity contribution in [2.24, 2.45) is 7.05 Å². The number of carbonyl (C=O) groups is 2. The van der Waals surface area contributed by atoms with E-state index in [1.165, 1.54) is 27.1 Å². The van der Waals surface area contributed by atoms with Gasteiger partial charge in [-0.15, -0.1) is 0 Å². The molecule has 27 heavy (non-hydrogen) atoms. The number of nitrogens with zero attached hydrogens (tertiary/aromatic N) is 3. The van der Waals surface area contributed by atoms with Crippen molar-refractivity contribution >= 4 is 28.4 Å². The Morgan fingerprint density at radius 3 is 2.52 bits per heavy atom. The Bertz CT molecular complexity index is 1050. The van der Waals surface area contributed by atoms with E-state index in [9.17, 15) is 9.59 Å². The normalized spacial score (nSPS) is 20.5. The Labute approximate surface area is 157 Å². The molecule has 136 valence electrons. The number of anilines is 1. The molecule has 1 unspecified atom stereocenters. The summed E-state index contributed by atoms with van der Waals surface area (Å²) in [5, 5.41) is 1.30. The average Bonchev–Trinajstić information content (AvgIpc) is 3.16. The Hall–Kier alpha value is -2.92. The van der Waals surface area contributed by atoms with Crippen LogP contribution in [-0.2, 0) is 29.6 Å². The third-order valence-electron chi connectivity index (χ3n) is 5.92. The van der Waals surface area contributed by atoms with Crippen molar-refractivity contribution in [3.63, 3.8) is 0 Å². The predicted octanol–water partition coefficient (Wildman–Crippen LogP) is 2.87. The summed E-state index contributed by atoms with van der Waals surface area (Å²) in [5.74, 6) is -0.215. The lowest BCUT2D eigenvalue weighted by atomic mass is 10.0. The lowest BCUT2D eigenvalue weighted by Gasteiger charge is -2.31. The van der Waals surface area contributed by atoms with Crippen LogP contribution < -0.4 is 4.90 Å². The van der Waals surface area contributed by atoms with Crippen molar-refractivity contribution in [1.82, 2.24) is 9.47 Å². The number of imide groups is 1. The minimum absolute atomic E-state index is 0.103. The van der Waals surface area contributed by atoms with Gasteiger partial charge in [-0.3, -0.25) is 14.5 Å². The number of aryl methyl sites for hydroxylation is 1. The van der Waals surface area contributed by atoms with Crippen molar-refractivity contribution in [2.75, 3.05) is 11.4 Å². The van der Waals surface area contributed by atoms with Gasteiger partial charge in [0.15, 0.2) is 0 Å². The molecule has 0 saturated carbocycles. The van der Waals surface area contributed by atoms with Gasteiger partial charge in [0.05, 0.1) is 18.2 Å². The fourth-order valence-electron chi connectivity index (χ4n) is 4.55. The highest BCUT2D eigenvalue weighted by molar-refractivity contribution is 6.22. The Morgan fingerprint density at radius 1 is 0.963 bits per heavy atom. The van der Waals surface area contributed by atoms with Gasteiger partial charge in [-0.05, 0) is 30.2 Å². The van der Waals surface area contributed by atoms with Crippen LogP contribution in [0, 0.1) is 0 Å². The molecule has 2 aliphatic heterocycles. The smallest absolute Gasteiger partial charge is 0.251 e. The van der Waals surface area contributed by atoms with Crippen LogP contribution in [0.15, 0.2) is 54.6 Å². The second kappa shape index (κ2) is 6.06. The van der Waals surface area contributed by atoms with Crippen LogP contribution in [0.4, 0.5) is 5.69 Å². The van der Waals surface area contributed by atoms with Crippen LogP contribution in [0.2, 0.25) is 0 Å². The molecule has 2 aromatic carbocycles. The highest BCUT2D eigenvalue weighted by Crippen LogP contribution is 2.33. The quantitative estimate of drug-likeness (QED) is 0.661. The lowest BCUT2D eigenvalue weighted by Crippen LogP contribution is -2.44. The third kappa shape index (κ3) is 2.42. The Morgan fingerprint density at radius 2 is 1.70 bits per heavy atom. The standard InChI is InChI=1S/C22H21N3O2/c1-23-18-10-6-5-9-16(18)17-11-12-24(14-20(17)23)19-13-21(26)25(22(19)27)15-7-3-2-4-8-15/h2-10,19H,11-14H2,1H3.